The zero-order valence-corrected chi connectivity index (χ0v) is 17.4. The van der Waals surface area contributed by atoms with Gasteiger partial charge in [-0.25, -0.2) is 0 Å². The van der Waals surface area contributed by atoms with Crippen molar-refractivity contribution in [2.75, 3.05) is 27.9 Å². The number of hydrogen-bond acceptors (Lipinski definition) is 5. The molecule has 28 heavy (non-hydrogen) atoms. The van der Waals surface area contributed by atoms with Gasteiger partial charge in [0.2, 0.25) is 0 Å². The summed E-state index contributed by atoms with van der Waals surface area (Å²) >= 11 is 0. The van der Waals surface area contributed by atoms with Crippen molar-refractivity contribution >= 4 is 5.91 Å². The lowest BCUT2D eigenvalue weighted by atomic mass is 10.1. The van der Waals surface area contributed by atoms with E-state index in [2.05, 4.69) is 19.2 Å². The molecule has 1 amide bonds. The first-order valence-corrected chi connectivity index (χ1v) is 9.23. The zero-order valence-electron chi connectivity index (χ0n) is 17.4. The molecule has 0 aliphatic carbocycles. The monoisotopic (exact) mass is 387 g/mol. The topological polar surface area (TPSA) is 66.0 Å². The maximum Gasteiger partial charge on any atom is 0.255 e. The van der Waals surface area contributed by atoms with Gasteiger partial charge in [0.15, 0.2) is 11.5 Å². The Kier molecular flexibility index (Phi) is 7.55. The summed E-state index contributed by atoms with van der Waals surface area (Å²) in [5, 5.41) is 2.99. The van der Waals surface area contributed by atoms with Crippen LogP contribution in [0.1, 0.15) is 42.7 Å². The Morgan fingerprint density at radius 3 is 2.21 bits per heavy atom. The molecule has 1 N–H and O–H groups in total. The van der Waals surface area contributed by atoms with Crippen molar-refractivity contribution in [2.45, 2.75) is 26.8 Å². The summed E-state index contributed by atoms with van der Waals surface area (Å²) in [6.07, 6.45) is 0. The van der Waals surface area contributed by atoms with E-state index in [1.807, 2.05) is 25.1 Å². The molecule has 0 aliphatic heterocycles. The third-order valence-electron chi connectivity index (χ3n) is 4.26. The van der Waals surface area contributed by atoms with E-state index in [1.54, 1.807) is 32.4 Å². The van der Waals surface area contributed by atoms with Crippen LogP contribution in [0.4, 0.5) is 0 Å². The highest BCUT2D eigenvalue weighted by molar-refractivity contribution is 5.97. The van der Waals surface area contributed by atoms with Gasteiger partial charge in [-0.05, 0) is 42.7 Å². The lowest BCUT2D eigenvalue weighted by Crippen LogP contribution is -2.27. The molecule has 0 bridgehead atoms. The molecule has 152 valence electrons. The van der Waals surface area contributed by atoms with Crippen molar-refractivity contribution in [1.29, 1.82) is 0 Å². The summed E-state index contributed by atoms with van der Waals surface area (Å²) in [4.78, 5) is 12.7. The van der Waals surface area contributed by atoms with Gasteiger partial charge in [0.1, 0.15) is 11.5 Å². The molecule has 6 nitrogen and oxygen atoms in total. The largest absolute Gasteiger partial charge is 0.497 e. The van der Waals surface area contributed by atoms with Crippen LogP contribution in [0.2, 0.25) is 0 Å². The molecule has 1 unspecified atom stereocenters. The van der Waals surface area contributed by atoms with Crippen LogP contribution in [0, 0.1) is 5.92 Å². The summed E-state index contributed by atoms with van der Waals surface area (Å²) in [6, 6.07) is 10.5. The minimum Gasteiger partial charge on any atom is -0.497 e. The second-order valence-corrected chi connectivity index (χ2v) is 6.88. The molecule has 0 aliphatic rings. The molecule has 0 heterocycles. The molecule has 1 atom stereocenters. The normalized spacial score (nSPS) is 11.7. The fourth-order valence-corrected chi connectivity index (χ4v) is 2.67. The number of methoxy groups -OCH3 is 3. The van der Waals surface area contributed by atoms with Crippen molar-refractivity contribution in [3.05, 3.63) is 47.5 Å². The van der Waals surface area contributed by atoms with E-state index < -0.39 is 0 Å². The van der Waals surface area contributed by atoms with Gasteiger partial charge in [-0.3, -0.25) is 4.79 Å². The van der Waals surface area contributed by atoms with Crippen LogP contribution in [0.25, 0.3) is 0 Å². The number of hydrogen-bond donors (Lipinski definition) is 1. The van der Waals surface area contributed by atoms with E-state index in [1.165, 1.54) is 7.11 Å². The number of ether oxygens (including phenoxy) is 4. The average Bonchev–Trinajstić information content (AvgIpc) is 2.71. The zero-order chi connectivity index (χ0) is 20.7. The molecule has 0 saturated carbocycles. The number of benzene rings is 2. The van der Waals surface area contributed by atoms with Crippen molar-refractivity contribution in [1.82, 2.24) is 5.32 Å². The minimum atomic E-state index is -0.230. The predicted molar refractivity (Wildman–Crippen MR) is 109 cm³/mol. The number of carbonyl (C=O) groups is 1. The van der Waals surface area contributed by atoms with Crippen LogP contribution in [0.15, 0.2) is 36.4 Å². The van der Waals surface area contributed by atoms with Crippen LogP contribution < -0.4 is 24.3 Å². The highest BCUT2D eigenvalue weighted by Gasteiger charge is 2.18. The molecule has 0 radical (unpaired) electrons. The Morgan fingerprint density at radius 2 is 1.61 bits per heavy atom. The second-order valence-electron chi connectivity index (χ2n) is 6.88. The summed E-state index contributed by atoms with van der Waals surface area (Å²) in [7, 11) is 4.70. The Balaban J connectivity index is 2.16. The standard InChI is InChI=1S/C22H29NO5/c1-14(2)13-28-19-10-7-16(11-21(19)27-6)15(3)23-22(24)18-9-8-17(25-4)12-20(18)26-5/h7-12,14-15H,13H2,1-6H3,(H,23,24). The van der Waals surface area contributed by atoms with Gasteiger partial charge in [-0.1, -0.05) is 19.9 Å². The molecule has 2 rings (SSSR count). The average molecular weight is 387 g/mol. The van der Waals surface area contributed by atoms with Crippen molar-refractivity contribution in [3.8, 4) is 23.0 Å². The van der Waals surface area contributed by atoms with E-state index in [9.17, 15) is 4.79 Å². The Bertz CT molecular complexity index is 804. The first-order valence-electron chi connectivity index (χ1n) is 9.23. The molecule has 0 fully saturated rings. The van der Waals surface area contributed by atoms with E-state index in [0.29, 0.717) is 41.1 Å². The maximum atomic E-state index is 12.7. The summed E-state index contributed by atoms with van der Waals surface area (Å²) in [6.45, 7) is 6.70. The van der Waals surface area contributed by atoms with Gasteiger partial charge in [-0.2, -0.15) is 0 Å². The van der Waals surface area contributed by atoms with Crippen molar-refractivity contribution in [3.63, 3.8) is 0 Å². The molecule has 0 saturated heterocycles. The van der Waals surface area contributed by atoms with Crippen LogP contribution >= 0.6 is 0 Å². The van der Waals surface area contributed by atoms with Gasteiger partial charge >= 0.3 is 0 Å². The van der Waals surface area contributed by atoms with Crippen molar-refractivity contribution < 1.29 is 23.7 Å². The van der Waals surface area contributed by atoms with E-state index in [0.717, 1.165) is 5.56 Å². The molecular formula is C22H29NO5. The maximum absolute atomic E-state index is 12.7. The lowest BCUT2D eigenvalue weighted by Gasteiger charge is -2.18. The van der Waals surface area contributed by atoms with Gasteiger partial charge in [0.25, 0.3) is 5.91 Å². The van der Waals surface area contributed by atoms with E-state index >= 15 is 0 Å². The quantitative estimate of drug-likeness (QED) is 0.697. The van der Waals surface area contributed by atoms with Gasteiger partial charge in [0.05, 0.1) is 39.5 Å². The third-order valence-corrected chi connectivity index (χ3v) is 4.26. The SMILES string of the molecule is COc1ccc(C(=O)NC(C)c2ccc(OCC(C)C)c(OC)c2)c(OC)c1. The summed E-state index contributed by atoms with van der Waals surface area (Å²) in [5.74, 6) is 2.60. The van der Waals surface area contributed by atoms with Crippen molar-refractivity contribution in [2.24, 2.45) is 5.92 Å². The highest BCUT2D eigenvalue weighted by Crippen LogP contribution is 2.31. The second kappa shape index (κ2) is 9.88. The molecule has 2 aromatic carbocycles. The molecular weight excluding hydrogens is 358 g/mol. The highest BCUT2D eigenvalue weighted by atomic mass is 16.5. The molecule has 2 aromatic rings. The molecule has 6 heteroatoms. The fraction of sp³-hybridized carbons (Fsp3) is 0.409. The summed E-state index contributed by atoms with van der Waals surface area (Å²) in [5.41, 5.74) is 1.36. The van der Waals surface area contributed by atoms with Crippen LogP contribution in [-0.4, -0.2) is 33.8 Å². The number of rotatable bonds is 9. The van der Waals surface area contributed by atoms with E-state index in [4.69, 9.17) is 18.9 Å². The summed E-state index contributed by atoms with van der Waals surface area (Å²) < 4.78 is 21.7. The Labute approximate surface area is 166 Å². The minimum absolute atomic E-state index is 0.229. The fourth-order valence-electron chi connectivity index (χ4n) is 2.67. The number of amides is 1. The smallest absolute Gasteiger partial charge is 0.255 e. The number of carbonyl (C=O) groups excluding carboxylic acids is 1. The third kappa shape index (κ3) is 5.31. The van der Waals surface area contributed by atoms with Crippen LogP contribution in [0.3, 0.4) is 0 Å². The Morgan fingerprint density at radius 1 is 0.893 bits per heavy atom. The van der Waals surface area contributed by atoms with Crippen LogP contribution in [0.5, 0.6) is 23.0 Å². The van der Waals surface area contributed by atoms with Gasteiger partial charge < -0.3 is 24.3 Å². The Hall–Kier alpha value is -2.89. The molecule has 0 spiro atoms. The predicted octanol–water partition coefficient (Wildman–Crippen LogP) is 4.24. The van der Waals surface area contributed by atoms with Crippen LogP contribution in [-0.2, 0) is 0 Å². The van der Waals surface area contributed by atoms with E-state index in [-0.39, 0.29) is 11.9 Å². The first kappa shape index (κ1) is 21.4. The van der Waals surface area contributed by atoms with Gasteiger partial charge in [-0.15, -0.1) is 0 Å². The first-order chi connectivity index (χ1) is 13.4. The lowest BCUT2D eigenvalue weighted by molar-refractivity contribution is 0.0936. The molecule has 0 aromatic heterocycles. The number of nitrogens with one attached hydrogen (secondary N) is 1. The van der Waals surface area contributed by atoms with Gasteiger partial charge in [0, 0.05) is 6.07 Å².